The van der Waals surface area contributed by atoms with Crippen molar-refractivity contribution in [3.8, 4) is 0 Å². The minimum atomic E-state index is -1.79. The maximum Gasteiger partial charge on any atom is 0.350 e. The minimum absolute atomic E-state index is 0.00284. The lowest BCUT2D eigenvalue weighted by Crippen LogP contribution is -2.71. The van der Waals surface area contributed by atoms with E-state index >= 15 is 0 Å². The number of nitrogen functional groups attached to an aromatic ring is 2. The fourth-order valence-corrected chi connectivity index (χ4v) is 6.96. The number of thiazole rings is 1. The number of rotatable bonds is 12. The molecule has 0 unspecified atom stereocenters. The molecule has 48 heavy (non-hydrogen) atoms. The number of hydrogen-bond donors (Lipinski definition) is 5. The van der Waals surface area contributed by atoms with Crippen molar-refractivity contribution in [2.45, 2.75) is 44.0 Å². The van der Waals surface area contributed by atoms with E-state index in [4.69, 9.17) is 26.1 Å². The number of β-lactam (4-membered cyclic amide) rings is 1. The molecule has 0 radical (unpaired) electrons. The van der Waals surface area contributed by atoms with Crippen molar-refractivity contribution >= 4 is 69.2 Å². The summed E-state index contributed by atoms with van der Waals surface area (Å²) in [6.45, 7) is 2.96. The van der Waals surface area contributed by atoms with Crippen molar-refractivity contribution in [3.63, 3.8) is 0 Å². The molecule has 0 spiro atoms. The first kappa shape index (κ1) is 32.3. The van der Waals surface area contributed by atoms with E-state index in [1.165, 1.54) is 37.3 Å². The third kappa shape index (κ3) is 5.86. The Morgan fingerprint density at radius 3 is 2.77 bits per heavy atom. The second kappa shape index (κ2) is 12.2. The zero-order valence-corrected chi connectivity index (χ0v) is 26.9. The van der Waals surface area contributed by atoms with Gasteiger partial charge in [0, 0.05) is 22.9 Å². The van der Waals surface area contributed by atoms with Crippen LogP contribution in [0.1, 0.15) is 30.9 Å². The SMILES string of the molecule is CC(C)(O/N=C(\C(=O)N[C@@H]1C(=O)N2C(C(=O)[O-])=C(C[n+]3ccc4n(Cc5cc(C(=N)N)co5)ccn43)CS[C@H]12)c1csc(N)n1)C(=O)O. The van der Waals surface area contributed by atoms with Crippen LogP contribution in [0.15, 0.2) is 63.2 Å². The first-order valence-corrected chi connectivity index (χ1v) is 16.1. The topological polar surface area (TPSA) is 264 Å². The summed E-state index contributed by atoms with van der Waals surface area (Å²) in [4.78, 5) is 60.8. The van der Waals surface area contributed by atoms with Gasteiger partial charge in [0.1, 0.15) is 35.0 Å². The summed E-state index contributed by atoms with van der Waals surface area (Å²) in [5, 5.41) is 36.4. The van der Waals surface area contributed by atoms with Crippen LogP contribution in [0, 0.1) is 5.41 Å². The predicted molar refractivity (Wildman–Crippen MR) is 167 cm³/mol. The van der Waals surface area contributed by atoms with Gasteiger partial charge in [-0.25, -0.2) is 9.78 Å². The van der Waals surface area contributed by atoms with Crippen LogP contribution in [0.2, 0.25) is 0 Å². The predicted octanol–water partition coefficient (Wildman–Crippen LogP) is -1.32. The number of carboxylic acids is 2. The second-order valence-corrected chi connectivity index (χ2v) is 13.3. The van der Waals surface area contributed by atoms with Gasteiger partial charge >= 0.3 is 5.97 Å². The van der Waals surface area contributed by atoms with E-state index in [1.807, 2.05) is 21.3 Å². The lowest BCUT2D eigenvalue weighted by Gasteiger charge is -2.50. The number of carboxylic acid groups (broad SMARTS) is 2. The Kier molecular flexibility index (Phi) is 8.21. The van der Waals surface area contributed by atoms with Crippen molar-refractivity contribution in [2.75, 3.05) is 11.5 Å². The van der Waals surface area contributed by atoms with Crippen LogP contribution >= 0.6 is 23.1 Å². The molecule has 7 N–H and O–H groups in total. The minimum Gasteiger partial charge on any atom is -0.543 e. The monoisotopic (exact) mass is 696 g/mol. The Balaban J connectivity index is 1.20. The van der Waals surface area contributed by atoms with Crippen LogP contribution in [-0.2, 0) is 37.1 Å². The number of amides is 2. The van der Waals surface area contributed by atoms with Gasteiger partial charge < -0.3 is 45.6 Å². The van der Waals surface area contributed by atoms with E-state index in [0.29, 0.717) is 23.4 Å². The summed E-state index contributed by atoms with van der Waals surface area (Å²) in [5.41, 5.74) is 10.4. The van der Waals surface area contributed by atoms with Crippen molar-refractivity contribution in [1.82, 2.24) is 24.3 Å². The fraction of sp³-hybridized carbons (Fsp3) is 0.286. The van der Waals surface area contributed by atoms with Gasteiger partial charge in [-0.2, -0.15) is 0 Å². The highest BCUT2D eigenvalue weighted by atomic mass is 32.2. The number of aliphatic carboxylic acids is 2. The van der Waals surface area contributed by atoms with E-state index in [0.717, 1.165) is 21.9 Å². The maximum atomic E-state index is 13.3. The number of amidine groups is 1. The standard InChI is InChI=1S/C28H28N10O8S2/c1-28(2,26(43)44)46-34-18(16-12-48-27(31)32-16)22(39)33-19-23(40)38-20(25(41)42)14(11-47-24(19)38)8-36-4-3-17-35(5-6-37(17)36)9-15-7-13(10-45-15)21(29)30/h3-7,10,12,19,24H,8-9,11H2,1-2H3,(H7-,29,30,31,32,33,39,41,42,43,44)/b34-18-/t19-,24-/m1/s1. The first-order chi connectivity index (χ1) is 22.7. The van der Waals surface area contributed by atoms with Crippen LogP contribution < -0.4 is 26.6 Å². The van der Waals surface area contributed by atoms with Gasteiger partial charge in [-0.3, -0.25) is 19.9 Å². The number of nitrogens with zero attached hydrogens (tertiary/aromatic N) is 6. The van der Waals surface area contributed by atoms with E-state index in [9.17, 15) is 29.4 Å². The Morgan fingerprint density at radius 1 is 1.35 bits per heavy atom. The zero-order valence-electron chi connectivity index (χ0n) is 25.3. The third-order valence-corrected chi connectivity index (χ3v) is 9.63. The molecule has 250 valence electrons. The summed E-state index contributed by atoms with van der Waals surface area (Å²) >= 11 is 2.27. The highest BCUT2D eigenvalue weighted by Crippen LogP contribution is 2.40. The van der Waals surface area contributed by atoms with Gasteiger partial charge in [0.15, 0.2) is 29.2 Å². The molecule has 4 aromatic rings. The normalized spacial score (nSPS) is 18.1. The maximum absolute atomic E-state index is 13.3. The summed E-state index contributed by atoms with van der Waals surface area (Å²) in [7, 11) is 0. The van der Waals surface area contributed by atoms with Gasteiger partial charge in [-0.15, -0.1) is 32.3 Å². The van der Waals surface area contributed by atoms with E-state index in [1.54, 1.807) is 23.1 Å². The van der Waals surface area contributed by atoms with Crippen LogP contribution in [0.4, 0.5) is 5.13 Å². The van der Waals surface area contributed by atoms with Crippen molar-refractivity contribution in [3.05, 3.63) is 70.7 Å². The second-order valence-electron chi connectivity index (χ2n) is 11.3. The molecular weight excluding hydrogens is 669 g/mol. The van der Waals surface area contributed by atoms with E-state index < -0.39 is 46.5 Å². The lowest BCUT2D eigenvalue weighted by atomic mass is 10.0. The molecule has 0 aromatic carbocycles. The number of imidazole rings is 1. The molecular formula is C28H28N10O8S2. The lowest BCUT2D eigenvalue weighted by molar-refractivity contribution is -0.753. The molecule has 18 nitrogen and oxygen atoms in total. The van der Waals surface area contributed by atoms with Crippen LogP contribution in [0.3, 0.4) is 0 Å². The first-order valence-electron chi connectivity index (χ1n) is 14.1. The van der Waals surface area contributed by atoms with Crippen LogP contribution in [0.25, 0.3) is 5.65 Å². The number of aromatic nitrogens is 4. The molecule has 2 aliphatic rings. The Hall–Kier alpha value is -5.63. The molecule has 1 fully saturated rings. The number of oxime groups is 1. The number of fused-ring (bicyclic) bond motifs is 2. The molecule has 1 saturated heterocycles. The highest BCUT2D eigenvalue weighted by Gasteiger charge is 2.53. The molecule has 0 saturated carbocycles. The number of anilines is 1. The molecule has 2 aliphatic heterocycles. The summed E-state index contributed by atoms with van der Waals surface area (Å²) < 4.78 is 11.0. The summed E-state index contributed by atoms with van der Waals surface area (Å²) in [5.74, 6) is -3.75. The summed E-state index contributed by atoms with van der Waals surface area (Å²) in [6, 6.07) is 2.39. The average Bonchev–Trinajstić information content (AvgIpc) is 3.83. The molecule has 0 bridgehead atoms. The molecule has 6 heterocycles. The quantitative estimate of drug-likeness (QED) is 0.0380. The van der Waals surface area contributed by atoms with Crippen molar-refractivity contribution in [2.24, 2.45) is 10.9 Å². The number of furan rings is 1. The zero-order chi connectivity index (χ0) is 34.5. The Morgan fingerprint density at radius 2 is 2.12 bits per heavy atom. The third-order valence-electron chi connectivity index (χ3n) is 7.62. The van der Waals surface area contributed by atoms with Crippen LogP contribution in [0.5, 0.6) is 0 Å². The van der Waals surface area contributed by atoms with Crippen LogP contribution in [-0.4, -0.2) is 82.1 Å². The molecule has 2 amide bonds. The highest BCUT2D eigenvalue weighted by molar-refractivity contribution is 8.00. The Bertz CT molecular complexity index is 2050. The number of hydrogen-bond acceptors (Lipinski definition) is 13. The summed E-state index contributed by atoms with van der Waals surface area (Å²) in [6.07, 6.45) is 6.79. The largest absolute Gasteiger partial charge is 0.543 e. The van der Waals surface area contributed by atoms with E-state index in [2.05, 4.69) is 15.5 Å². The smallest absolute Gasteiger partial charge is 0.350 e. The number of carbonyl (C=O) groups excluding carboxylic acids is 3. The number of nitrogens with two attached hydrogens (primary N) is 2. The molecule has 4 aromatic heterocycles. The van der Waals surface area contributed by atoms with Gasteiger partial charge in [0.05, 0.1) is 36.0 Å². The number of carbonyl (C=O) groups is 4. The Labute approximate surface area is 278 Å². The van der Waals surface area contributed by atoms with Gasteiger partial charge in [0.25, 0.3) is 11.8 Å². The molecule has 20 heteroatoms. The average molecular weight is 697 g/mol. The molecule has 0 aliphatic carbocycles. The van der Waals surface area contributed by atoms with Gasteiger partial charge in [-0.05, 0) is 19.9 Å². The van der Waals surface area contributed by atoms with Crippen molar-refractivity contribution in [1.29, 1.82) is 5.41 Å². The van der Waals surface area contributed by atoms with Gasteiger partial charge in [-0.1, -0.05) is 5.16 Å². The fourth-order valence-electron chi connectivity index (χ4n) is 5.08. The van der Waals surface area contributed by atoms with E-state index in [-0.39, 0.29) is 34.7 Å². The van der Waals surface area contributed by atoms with Gasteiger partial charge in [0.2, 0.25) is 5.60 Å². The molecule has 6 rings (SSSR count). The van der Waals surface area contributed by atoms with Crippen molar-refractivity contribution < 1.29 is 43.3 Å². The number of thioether (sulfide) groups is 1. The number of nitrogens with one attached hydrogen (secondary N) is 2. The molecule has 2 atom stereocenters.